The van der Waals surface area contributed by atoms with E-state index in [1.807, 2.05) is 0 Å². The minimum absolute atomic E-state index is 0.320. The first-order valence-electron chi connectivity index (χ1n) is 6.16. The number of halogens is 2. The van der Waals surface area contributed by atoms with Crippen molar-refractivity contribution in [2.24, 2.45) is 0 Å². The Morgan fingerprint density at radius 3 is 1.63 bits per heavy atom. The van der Waals surface area contributed by atoms with E-state index >= 15 is 0 Å². The van der Waals surface area contributed by atoms with Crippen molar-refractivity contribution < 1.29 is 0 Å². The van der Waals surface area contributed by atoms with Gasteiger partial charge in [0.15, 0.2) is 0 Å². The molecular formula is C16H18Br2S. The highest BCUT2D eigenvalue weighted by atomic mass is 79.9. The Hall–Kier alpha value is -0.250. The third kappa shape index (κ3) is 3.87. The van der Waals surface area contributed by atoms with Crippen LogP contribution in [0.25, 0.3) is 0 Å². The summed E-state index contributed by atoms with van der Waals surface area (Å²) in [5, 5.41) is 0.441. The molecule has 0 aliphatic carbocycles. The summed E-state index contributed by atoms with van der Waals surface area (Å²) in [6, 6.07) is 21.4. The Kier molecular flexibility index (Phi) is 5.15. The fourth-order valence-electron chi connectivity index (χ4n) is 2.23. The molecule has 0 bridgehead atoms. The topological polar surface area (TPSA) is 0 Å². The Bertz CT molecular complexity index is 505. The minimum atomic E-state index is -0.900. The molecule has 0 nitrogen and oxygen atoms in total. The van der Waals surface area contributed by atoms with Crippen LogP contribution in [0.15, 0.2) is 60.7 Å². The van der Waals surface area contributed by atoms with E-state index in [0.29, 0.717) is 10.1 Å². The van der Waals surface area contributed by atoms with E-state index in [4.69, 9.17) is 0 Å². The predicted octanol–water partition coefficient (Wildman–Crippen LogP) is 6.24. The van der Waals surface area contributed by atoms with Gasteiger partial charge in [0, 0.05) is 5.25 Å². The van der Waals surface area contributed by atoms with Crippen LogP contribution in [-0.2, 0) is 0 Å². The normalized spacial score (nSPS) is 15.8. The molecule has 0 aromatic heterocycles. The maximum Gasteiger partial charge on any atom is 0.0547 e. The van der Waals surface area contributed by atoms with Gasteiger partial charge in [-0.25, -0.2) is 0 Å². The first-order valence-corrected chi connectivity index (χ1v) is 11.4. The largest absolute Gasteiger partial charge is 0.180 e. The summed E-state index contributed by atoms with van der Waals surface area (Å²) < 4.78 is 0. The van der Waals surface area contributed by atoms with E-state index in [9.17, 15) is 0 Å². The first-order chi connectivity index (χ1) is 9.00. The maximum absolute atomic E-state index is 3.93. The molecule has 102 valence electrons. The van der Waals surface area contributed by atoms with Gasteiger partial charge in [-0.1, -0.05) is 76.6 Å². The lowest BCUT2D eigenvalue weighted by molar-refractivity contribution is 0.917. The zero-order valence-electron chi connectivity index (χ0n) is 11.1. The highest BCUT2D eigenvalue weighted by Crippen LogP contribution is 2.66. The highest BCUT2D eigenvalue weighted by molar-refractivity contribution is 9.58. The molecule has 0 aliphatic heterocycles. The second kappa shape index (κ2) is 6.47. The molecule has 0 radical (unpaired) electrons. The average molecular weight is 402 g/mol. The molecule has 0 saturated carbocycles. The fourth-order valence-corrected chi connectivity index (χ4v) is 8.15. The van der Waals surface area contributed by atoms with Crippen molar-refractivity contribution in [3.05, 3.63) is 71.8 Å². The molecule has 0 spiro atoms. The van der Waals surface area contributed by atoms with Crippen LogP contribution in [0.4, 0.5) is 0 Å². The zero-order valence-corrected chi connectivity index (χ0v) is 15.1. The lowest BCUT2D eigenvalue weighted by Crippen LogP contribution is -2.10. The summed E-state index contributed by atoms with van der Waals surface area (Å²) in [6.45, 7) is 0. The van der Waals surface area contributed by atoms with Crippen LogP contribution in [-0.4, -0.2) is 12.5 Å². The second-order valence-corrected chi connectivity index (χ2v) is 14.0. The molecule has 0 N–H and O–H groups in total. The third-order valence-electron chi connectivity index (χ3n) is 3.12. The van der Waals surface area contributed by atoms with Crippen molar-refractivity contribution in [3.8, 4) is 0 Å². The average Bonchev–Trinajstić information content (AvgIpc) is 2.39. The van der Waals surface area contributed by atoms with Crippen LogP contribution < -0.4 is 0 Å². The number of rotatable bonds is 4. The van der Waals surface area contributed by atoms with Gasteiger partial charge in [-0.15, -0.1) is 0 Å². The van der Waals surface area contributed by atoms with E-state index in [1.54, 1.807) is 0 Å². The summed E-state index contributed by atoms with van der Waals surface area (Å²) >= 11 is 7.85. The molecular weight excluding hydrogens is 384 g/mol. The van der Waals surface area contributed by atoms with E-state index in [-0.39, 0.29) is 0 Å². The van der Waals surface area contributed by atoms with Crippen molar-refractivity contribution in [1.29, 1.82) is 0 Å². The van der Waals surface area contributed by atoms with Gasteiger partial charge in [0.05, 0.1) is 4.83 Å². The van der Waals surface area contributed by atoms with Crippen LogP contribution in [0.3, 0.4) is 0 Å². The second-order valence-electron chi connectivity index (χ2n) is 4.92. The molecule has 2 rings (SSSR count). The zero-order chi connectivity index (χ0) is 13.9. The van der Waals surface area contributed by atoms with Crippen molar-refractivity contribution in [2.45, 2.75) is 10.1 Å². The van der Waals surface area contributed by atoms with E-state index < -0.39 is 8.46 Å². The molecule has 3 heteroatoms. The lowest BCUT2D eigenvalue weighted by atomic mass is 10.0. The Morgan fingerprint density at radius 1 is 0.789 bits per heavy atom. The van der Waals surface area contributed by atoms with Crippen molar-refractivity contribution in [3.63, 3.8) is 0 Å². The van der Waals surface area contributed by atoms with E-state index in [0.717, 1.165) is 0 Å². The van der Waals surface area contributed by atoms with E-state index in [1.165, 1.54) is 11.1 Å². The molecule has 0 heterocycles. The van der Waals surface area contributed by atoms with Gasteiger partial charge in [-0.3, -0.25) is 0 Å². The maximum atomic E-state index is 3.93. The number of hydrogen-bond donors (Lipinski definition) is 0. The molecule has 0 fully saturated rings. The summed E-state index contributed by atoms with van der Waals surface area (Å²) in [5.74, 6) is 0. The standard InChI is InChI=1S/C16H18Br2S/c1-19(2,18)16(14-11-7-4-8-12-14)15(17)13-9-5-3-6-10-13/h3-12,15-16H,1-2H3. The SMILES string of the molecule is CS(C)(Br)C(c1ccccc1)C(Br)c1ccccc1. The van der Waals surface area contributed by atoms with Crippen molar-refractivity contribution >= 4 is 39.2 Å². The molecule has 2 aromatic carbocycles. The molecule has 0 amide bonds. The van der Waals surface area contributed by atoms with Gasteiger partial charge in [-0.2, -0.15) is 8.46 Å². The van der Waals surface area contributed by atoms with E-state index in [2.05, 4.69) is 104 Å². The number of benzene rings is 2. The molecule has 0 saturated heterocycles. The molecule has 2 atom stereocenters. The first kappa shape index (κ1) is 15.1. The summed E-state index contributed by atoms with van der Waals surface area (Å²) in [5.41, 5.74) is 2.71. The lowest BCUT2D eigenvalue weighted by Gasteiger charge is -2.37. The van der Waals surface area contributed by atoms with Crippen LogP contribution in [0.1, 0.15) is 21.2 Å². The van der Waals surface area contributed by atoms with Gasteiger partial charge in [0.1, 0.15) is 0 Å². The fraction of sp³-hybridized carbons (Fsp3) is 0.250. The monoisotopic (exact) mass is 400 g/mol. The smallest absolute Gasteiger partial charge is 0.0547 e. The summed E-state index contributed by atoms with van der Waals surface area (Å²) in [6.07, 6.45) is 4.61. The van der Waals surface area contributed by atoms with Gasteiger partial charge < -0.3 is 0 Å². The minimum Gasteiger partial charge on any atom is -0.180 e. The number of hydrogen-bond acceptors (Lipinski definition) is 0. The molecule has 2 aromatic rings. The van der Waals surface area contributed by atoms with Gasteiger partial charge >= 0.3 is 0 Å². The van der Waals surface area contributed by atoms with Crippen molar-refractivity contribution in [1.82, 2.24) is 0 Å². The van der Waals surface area contributed by atoms with Crippen LogP contribution in [0.2, 0.25) is 0 Å². The summed E-state index contributed by atoms with van der Waals surface area (Å²) in [7, 11) is -0.900. The molecule has 19 heavy (non-hydrogen) atoms. The predicted molar refractivity (Wildman–Crippen MR) is 95.7 cm³/mol. The Morgan fingerprint density at radius 2 is 1.21 bits per heavy atom. The third-order valence-corrected chi connectivity index (χ3v) is 7.48. The summed E-state index contributed by atoms with van der Waals surface area (Å²) in [4.78, 5) is 0.320. The van der Waals surface area contributed by atoms with Gasteiger partial charge in [0.25, 0.3) is 0 Å². The highest BCUT2D eigenvalue weighted by Gasteiger charge is 2.31. The quantitative estimate of drug-likeness (QED) is 0.532. The van der Waals surface area contributed by atoms with Gasteiger partial charge in [-0.05, 0) is 38.5 Å². The van der Waals surface area contributed by atoms with Crippen LogP contribution in [0.5, 0.6) is 0 Å². The van der Waals surface area contributed by atoms with Crippen LogP contribution >= 0.6 is 39.2 Å². The van der Waals surface area contributed by atoms with Crippen LogP contribution in [0, 0.1) is 0 Å². The molecule has 2 unspecified atom stereocenters. The Balaban J connectivity index is 2.40. The van der Waals surface area contributed by atoms with Crippen molar-refractivity contribution in [2.75, 3.05) is 12.5 Å². The Labute approximate surface area is 133 Å². The molecule has 0 aliphatic rings. The number of alkyl halides is 1. The van der Waals surface area contributed by atoms with Gasteiger partial charge in [0.2, 0.25) is 0 Å².